The summed E-state index contributed by atoms with van der Waals surface area (Å²) in [6, 6.07) is 12.9. The van der Waals surface area contributed by atoms with E-state index in [4.69, 9.17) is 0 Å². The molecule has 25 heavy (non-hydrogen) atoms. The highest BCUT2D eigenvalue weighted by atomic mass is 32.1. The summed E-state index contributed by atoms with van der Waals surface area (Å²) < 4.78 is 0. The lowest BCUT2D eigenvalue weighted by molar-refractivity contribution is -0.123. The molecule has 0 saturated carbocycles. The zero-order valence-electron chi connectivity index (χ0n) is 15.7. The molecule has 136 valence electrons. The monoisotopic (exact) mass is 358 g/mol. The Balaban J connectivity index is 2.15. The number of hydrogen-bond acceptors (Lipinski definition) is 3. The van der Waals surface area contributed by atoms with Crippen LogP contribution in [0.5, 0.6) is 0 Å². The van der Waals surface area contributed by atoms with Crippen LogP contribution in [-0.2, 0) is 11.2 Å². The molecule has 0 aliphatic heterocycles. The van der Waals surface area contributed by atoms with E-state index in [0.29, 0.717) is 0 Å². The van der Waals surface area contributed by atoms with Gasteiger partial charge in [-0.1, -0.05) is 43.7 Å². The van der Waals surface area contributed by atoms with Gasteiger partial charge in [-0.25, -0.2) is 0 Å². The SMILES string of the molecule is CCCCc1ccc([C@@H](N[C@H](C)C(=O)NC(C)C)c2cccs2)cc1. The van der Waals surface area contributed by atoms with Gasteiger partial charge in [0.15, 0.2) is 0 Å². The first-order valence-corrected chi connectivity index (χ1v) is 10.1. The molecule has 1 heterocycles. The molecule has 0 spiro atoms. The second kappa shape index (κ2) is 9.73. The quantitative estimate of drug-likeness (QED) is 0.683. The maximum Gasteiger partial charge on any atom is 0.237 e. The van der Waals surface area contributed by atoms with Crippen LogP contribution in [-0.4, -0.2) is 18.0 Å². The molecule has 0 aliphatic carbocycles. The second-order valence-corrected chi connectivity index (χ2v) is 7.82. The van der Waals surface area contributed by atoms with Gasteiger partial charge in [-0.15, -0.1) is 11.3 Å². The molecule has 0 saturated heterocycles. The standard InChI is InChI=1S/C21H30N2OS/c1-5-6-8-17-10-12-18(13-11-17)20(19-9-7-14-25-19)23-16(4)21(24)22-15(2)3/h7,9-16,20,23H,5-6,8H2,1-4H3,(H,22,24)/t16-,20-/m1/s1. The van der Waals surface area contributed by atoms with Crippen molar-refractivity contribution in [2.75, 3.05) is 0 Å². The van der Waals surface area contributed by atoms with Crippen molar-refractivity contribution in [2.45, 2.75) is 65.1 Å². The third-order valence-corrected chi connectivity index (χ3v) is 5.14. The maximum absolute atomic E-state index is 12.3. The van der Waals surface area contributed by atoms with E-state index in [1.807, 2.05) is 20.8 Å². The summed E-state index contributed by atoms with van der Waals surface area (Å²) in [7, 11) is 0. The molecular weight excluding hydrogens is 328 g/mol. The molecule has 0 aliphatic rings. The number of hydrogen-bond donors (Lipinski definition) is 2. The van der Waals surface area contributed by atoms with Crippen LogP contribution in [0, 0.1) is 0 Å². The second-order valence-electron chi connectivity index (χ2n) is 6.85. The predicted molar refractivity (Wildman–Crippen MR) is 107 cm³/mol. The molecule has 1 aromatic carbocycles. The van der Waals surface area contributed by atoms with Gasteiger partial charge >= 0.3 is 0 Å². The van der Waals surface area contributed by atoms with Crippen LogP contribution in [0.2, 0.25) is 0 Å². The number of unbranched alkanes of at least 4 members (excludes halogenated alkanes) is 1. The van der Waals surface area contributed by atoms with Crippen molar-refractivity contribution in [1.82, 2.24) is 10.6 Å². The summed E-state index contributed by atoms with van der Waals surface area (Å²) in [6.45, 7) is 8.11. The Morgan fingerprint density at radius 3 is 2.40 bits per heavy atom. The smallest absolute Gasteiger partial charge is 0.237 e. The number of rotatable bonds is 9. The largest absolute Gasteiger partial charge is 0.353 e. The summed E-state index contributed by atoms with van der Waals surface area (Å²) in [5.74, 6) is 0.0381. The zero-order chi connectivity index (χ0) is 18.2. The fourth-order valence-electron chi connectivity index (χ4n) is 2.79. The number of amides is 1. The lowest BCUT2D eigenvalue weighted by atomic mass is 10.0. The van der Waals surface area contributed by atoms with Gasteiger partial charge < -0.3 is 5.32 Å². The van der Waals surface area contributed by atoms with Gasteiger partial charge in [-0.3, -0.25) is 10.1 Å². The molecule has 0 bridgehead atoms. The molecule has 2 rings (SSSR count). The average Bonchev–Trinajstić information content (AvgIpc) is 3.12. The lowest BCUT2D eigenvalue weighted by Gasteiger charge is -2.23. The van der Waals surface area contributed by atoms with Gasteiger partial charge in [0.2, 0.25) is 5.91 Å². The van der Waals surface area contributed by atoms with E-state index in [1.54, 1.807) is 11.3 Å². The van der Waals surface area contributed by atoms with Gasteiger partial charge in [0, 0.05) is 10.9 Å². The van der Waals surface area contributed by atoms with Crippen molar-refractivity contribution in [1.29, 1.82) is 0 Å². The number of thiophene rings is 1. The Kier molecular flexibility index (Phi) is 7.66. The topological polar surface area (TPSA) is 41.1 Å². The highest BCUT2D eigenvalue weighted by molar-refractivity contribution is 7.10. The summed E-state index contributed by atoms with van der Waals surface area (Å²) >= 11 is 1.72. The first kappa shape index (κ1) is 19.7. The Hall–Kier alpha value is -1.65. The minimum absolute atomic E-state index is 0.0353. The Morgan fingerprint density at radius 1 is 1.12 bits per heavy atom. The highest BCUT2D eigenvalue weighted by Crippen LogP contribution is 2.27. The molecule has 3 nitrogen and oxygen atoms in total. The van der Waals surface area contributed by atoms with E-state index < -0.39 is 0 Å². The number of benzene rings is 1. The lowest BCUT2D eigenvalue weighted by Crippen LogP contribution is -2.45. The van der Waals surface area contributed by atoms with Crippen molar-refractivity contribution in [3.63, 3.8) is 0 Å². The average molecular weight is 359 g/mol. The van der Waals surface area contributed by atoms with E-state index in [0.717, 1.165) is 6.42 Å². The van der Waals surface area contributed by atoms with Crippen molar-refractivity contribution < 1.29 is 4.79 Å². The summed E-state index contributed by atoms with van der Waals surface area (Å²) in [6.07, 6.45) is 3.56. The van der Waals surface area contributed by atoms with Gasteiger partial charge in [-0.2, -0.15) is 0 Å². The third-order valence-electron chi connectivity index (χ3n) is 4.20. The van der Waals surface area contributed by atoms with Crippen LogP contribution in [0.3, 0.4) is 0 Å². The summed E-state index contributed by atoms with van der Waals surface area (Å²) in [5, 5.41) is 8.56. The van der Waals surface area contributed by atoms with Gasteiger partial charge in [0.05, 0.1) is 12.1 Å². The van der Waals surface area contributed by atoms with Crippen LogP contribution in [0.25, 0.3) is 0 Å². The maximum atomic E-state index is 12.3. The normalized spacial score (nSPS) is 13.6. The molecule has 1 aromatic heterocycles. The van der Waals surface area contributed by atoms with Crippen molar-refractivity contribution in [3.05, 3.63) is 57.8 Å². The van der Waals surface area contributed by atoms with Crippen LogP contribution >= 0.6 is 11.3 Å². The minimum atomic E-state index is -0.255. The molecule has 2 aromatic rings. The Bertz CT molecular complexity index is 634. The number of carbonyl (C=O) groups excluding carboxylic acids is 1. The van der Waals surface area contributed by atoms with Crippen molar-refractivity contribution >= 4 is 17.2 Å². The first-order valence-electron chi connectivity index (χ1n) is 9.20. The third kappa shape index (κ3) is 5.98. The fourth-order valence-corrected chi connectivity index (χ4v) is 3.60. The van der Waals surface area contributed by atoms with E-state index in [-0.39, 0.29) is 24.0 Å². The van der Waals surface area contributed by atoms with Crippen LogP contribution in [0.15, 0.2) is 41.8 Å². The van der Waals surface area contributed by atoms with Crippen LogP contribution in [0.1, 0.15) is 62.6 Å². The molecule has 2 N–H and O–H groups in total. The first-order chi connectivity index (χ1) is 12.0. The van der Waals surface area contributed by atoms with Crippen LogP contribution in [0.4, 0.5) is 0 Å². The van der Waals surface area contributed by atoms with Gasteiger partial charge in [-0.05, 0) is 56.2 Å². The Labute approximate surface area is 155 Å². The van der Waals surface area contributed by atoms with Gasteiger partial charge in [0.25, 0.3) is 0 Å². The highest BCUT2D eigenvalue weighted by Gasteiger charge is 2.21. The minimum Gasteiger partial charge on any atom is -0.353 e. The van der Waals surface area contributed by atoms with Crippen molar-refractivity contribution in [3.8, 4) is 0 Å². The number of aryl methyl sites for hydroxylation is 1. The van der Waals surface area contributed by atoms with Crippen LogP contribution < -0.4 is 10.6 Å². The zero-order valence-corrected chi connectivity index (χ0v) is 16.5. The van der Waals surface area contributed by atoms with Gasteiger partial charge in [0.1, 0.15) is 0 Å². The summed E-state index contributed by atoms with van der Waals surface area (Å²) in [5.41, 5.74) is 2.58. The molecule has 1 amide bonds. The predicted octanol–water partition coefficient (Wildman–Crippen LogP) is 4.68. The van der Waals surface area contributed by atoms with E-state index in [9.17, 15) is 4.79 Å². The molecule has 0 fully saturated rings. The number of carbonyl (C=O) groups is 1. The number of nitrogens with one attached hydrogen (secondary N) is 2. The molecule has 0 unspecified atom stereocenters. The Morgan fingerprint density at radius 2 is 1.84 bits per heavy atom. The van der Waals surface area contributed by atoms with Crippen molar-refractivity contribution in [2.24, 2.45) is 0 Å². The van der Waals surface area contributed by atoms with E-state index >= 15 is 0 Å². The molecule has 0 radical (unpaired) electrons. The van der Waals surface area contributed by atoms with E-state index in [1.165, 1.54) is 28.8 Å². The molecule has 4 heteroatoms. The fraction of sp³-hybridized carbons (Fsp3) is 0.476. The van der Waals surface area contributed by atoms with E-state index in [2.05, 4.69) is 59.3 Å². The summed E-state index contributed by atoms with van der Waals surface area (Å²) in [4.78, 5) is 13.5. The molecule has 2 atom stereocenters. The molecular formula is C21H30N2OS.